The third kappa shape index (κ3) is 5.87. The Bertz CT molecular complexity index is 853. The number of benzene rings is 1. The minimum Gasteiger partial charge on any atom is -0.465 e. The van der Waals surface area contributed by atoms with Crippen molar-refractivity contribution < 1.29 is 14.3 Å². The van der Waals surface area contributed by atoms with Gasteiger partial charge in [-0.05, 0) is 37.3 Å². The molecule has 1 atom stereocenters. The SMILES string of the molecule is CCCCCCCCCOC(=O)C1CCCn2c1cc(CC)c2C(=O)c1ccccc1. The van der Waals surface area contributed by atoms with Gasteiger partial charge in [-0.3, -0.25) is 9.59 Å². The van der Waals surface area contributed by atoms with Crippen LogP contribution in [0.25, 0.3) is 0 Å². The summed E-state index contributed by atoms with van der Waals surface area (Å²) < 4.78 is 7.74. The molecule has 3 rings (SSSR count). The summed E-state index contributed by atoms with van der Waals surface area (Å²) in [5.41, 5.74) is 3.41. The summed E-state index contributed by atoms with van der Waals surface area (Å²) in [4.78, 5) is 26.1. The van der Waals surface area contributed by atoms with Crippen molar-refractivity contribution in [3.8, 4) is 0 Å². The van der Waals surface area contributed by atoms with Crippen molar-refractivity contribution in [1.82, 2.24) is 4.57 Å². The van der Waals surface area contributed by atoms with Gasteiger partial charge in [0.15, 0.2) is 0 Å². The molecule has 2 heterocycles. The van der Waals surface area contributed by atoms with Gasteiger partial charge in [0.1, 0.15) is 0 Å². The van der Waals surface area contributed by atoms with Crippen LogP contribution in [0.1, 0.15) is 105 Å². The lowest BCUT2D eigenvalue weighted by Crippen LogP contribution is -2.26. The molecule has 1 aromatic heterocycles. The van der Waals surface area contributed by atoms with Gasteiger partial charge < -0.3 is 9.30 Å². The van der Waals surface area contributed by atoms with E-state index in [2.05, 4.69) is 24.5 Å². The zero-order chi connectivity index (χ0) is 22.1. The fraction of sp³-hybridized carbons (Fsp3) is 0.556. The number of esters is 1. The first-order valence-corrected chi connectivity index (χ1v) is 12.2. The van der Waals surface area contributed by atoms with Gasteiger partial charge in [-0.1, -0.05) is 82.7 Å². The highest BCUT2D eigenvalue weighted by Gasteiger charge is 2.32. The van der Waals surface area contributed by atoms with Crippen LogP contribution in [0.4, 0.5) is 0 Å². The maximum absolute atomic E-state index is 13.2. The Morgan fingerprint density at radius 3 is 2.42 bits per heavy atom. The maximum atomic E-state index is 13.2. The van der Waals surface area contributed by atoms with Crippen LogP contribution in [0.2, 0.25) is 0 Å². The standard InChI is InChI=1S/C27H37NO3/c1-3-5-6-7-8-9-13-19-31-27(30)23-17-14-18-28-24(23)20-21(4-2)25(28)26(29)22-15-11-10-12-16-22/h10-12,15-16,20,23H,3-9,13-14,17-19H2,1-2H3. The van der Waals surface area contributed by atoms with Crippen LogP contribution in [0.3, 0.4) is 0 Å². The number of aromatic nitrogens is 1. The fourth-order valence-corrected chi connectivity index (χ4v) is 4.59. The second-order valence-electron chi connectivity index (χ2n) is 8.63. The first-order chi connectivity index (χ1) is 15.2. The Kier molecular flexibility index (Phi) is 8.93. The molecule has 1 aliphatic rings. The second kappa shape index (κ2) is 11.9. The van der Waals surface area contributed by atoms with E-state index in [0.717, 1.165) is 55.6 Å². The van der Waals surface area contributed by atoms with Crippen molar-refractivity contribution >= 4 is 11.8 Å². The van der Waals surface area contributed by atoms with Crippen LogP contribution < -0.4 is 0 Å². The number of unbranched alkanes of at least 4 members (excludes halogenated alkanes) is 6. The Hall–Kier alpha value is -2.36. The number of nitrogens with zero attached hydrogens (tertiary/aromatic N) is 1. The van der Waals surface area contributed by atoms with Crippen molar-refractivity contribution in [3.63, 3.8) is 0 Å². The molecule has 31 heavy (non-hydrogen) atoms. The van der Waals surface area contributed by atoms with Gasteiger partial charge in [0, 0.05) is 17.8 Å². The molecule has 168 valence electrons. The molecule has 0 spiro atoms. The van der Waals surface area contributed by atoms with Gasteiger partial charge in [-0.15, -0.1) is 0 Å². The van der Waals surface area contributed by atoms with Crippen LogP contribution >= 0.6 is 0 Å². The summed E-state index contributed by atoms with van der Waals surface area (Å²) in [6.07, 6.45) is 10.9. The molecule has 0 N–H and O–H groups in total. The number of rotatable bonds is 12. The highest BCUT2D eigenvalue weighted by molar-refractivity contribution is 6.09. The third-order valence-corrected chi connectivity index (χ3v) is 6.35. The molecule has 1 aliphatic heterocycles. The molecule has 4 nitrogen and oxygen atoms in total. The lowest BCUT2D eigenvalue weighted by molar-refractivity contribution is -0.146. The smallest absolute Gasteiger partial charge is 0.314 e. The summed E-state index contributed by atoms with van der Waals surface area (Å²) in [5, 5.41) is 0. The molecule has 0 aliphatic carbocycles. The molecule has 1 aromatic carbocycles. The number of ketones is 1. The van der Waals surface area contributed by atoms with Crippen LogP contribution in [-0.2, 0) is 22.5 Å². The number of aryl methyl sites for hydroxylation is 1. The number of carbonyl (C=O) groups excluding carboxylic acids is 2. The lowest BCUT2D eigenvalue weighted by atomic mass is 9.96. The summed E-state index contributed by atoms with van der Waals surface area (Å²) in [5.74, 6) is -0.354. The van der Waals surface area contributed by atoms with Gasteiger partial charge in [-0.25, -0.2) is 0 Å². The molecule has 0 fully saturated rings. The monoisotopic (exact) mass is 423 g/mol. The molecule has 1 unspecified atom stereocenters. The van der Waals surface area contributed by atoms with Gasteiger partial charge in [0.2, 0.25) is 5.78 Å². The van der Waals surface area contributed by atoms with E-state index in [1.165, 1.54) is 32.1 Å². The van der Waals surface area contributed by atoms with E-state index in [9.17, 15) is 9.59 Å². The summed E-state index contributed by atoms with van der Waals surface area (Å²) in [6.45, 7) is 5.58. The average molecular weight is 424 g/mol. The van der Waals surface area contributed by atoms with E-state index in [1.54, 1.807) is 0 Å². The van der Waals surface area contributed by atoms with Crippen LogP contribution in [0, 0.1) is 0 Å². The van der Waals surface area contributed by atoms with Crippen LogP contribution in [0.5, 0.6) is 0 Å². The predicted octanol–water partition coefficient (Wildman–Crippen LogP) is 6.45. The normalized spacial score (nSPS) is 15.5. The van der Waals surface area contributed by atoms with E-state index < -0.39 is 0 Å². The van der Waals surface area contributed by atoms with E-state index in [4.69, 9.17) is 4.74 Å². The molecular weight excluding hydrogens is 386 g/mol. The topological polar surface area (TPSA) is 48.3 Å². The summed E-state index contributed by atoms with van der Waals surface area (Å²) >= 11 is 0. The molecule has 0 amide bonds. The number of ether oxygens (including phenoxy) is 1. The van der Waals surface area contributed by atoms with Crippen molar-refractivity contribution in [2.45, 2.75) is 90.5 Å². The van der Waals surface area contributed by atoms with Crippen LogP contribution in [0.15, 0.2) is 36.4 Å². The predicted molar refractivity (Wildman–Crippen MR) is 125 cm³/mol. The molecule has 0 saturated heterocycles. The highest BCUT2D eigenvalue weighted by atomic mass is 16.5. The minimum atomic E-state index is -0.263. The van der Waals surface area contributed by atoms with Gasteiger partial charge >= 0.3 is 5.97 Å². The number of hydrogen-bond acceptors (Lipinski definition) is 3. The molecule has 2 aromatic rings. The zero-order valence-corrected chi connectivity index (χ0v) is 19.2. The van der Waals surface area contributed by atoms with Gasteiger partial charge in [-0.2, -0.15) is 0 Å². The average Bonchev–Trinajstić information content (AvgIpc) is 3.19. The van der Waals surface area contributed by atoms with E-state index in [-0.39, 0.29) is 17.7 Å². The molecule has 4 heteroatoms. The van der Waals surface area contributed by atoms with Crippen LogP contribution in [-0.4, -0.2) is 22.9 Å². The van der Waals surface area contributed by atoms with E-state index >= 15 is 0 Å². The van der Waals surface area contributed by atoms with Crippen molar-refractivity contribution in [2.24, 2.45) is 0 Å². The minimum absolute atomic E-state index is 0.0424. The quantitative estimate of drug-likeness (QED) is 0.224. The molecule has 0 bridgehead atoms. The first-order valence-electron chi connectivity index (χ1n) is 12.2. The molecular formula is C27H37NO3. The molecule has 0 saturated carbocycles. The van der Waals surface area contributed by atoms with Gasteiger partial charge in [0.05, 0.1) is 18.2 Å². The summed E-state index contributed by atoms with van der Waals surface area (Å²) in [6, 6.07) is 11.5. The number of carbonyl (C=O) groups is 2. The number of fused-ring (bicyclic) bond motifs is 1. The lowest BCUT2D eigenvalue weighted by Gasteiger charge is -2.25. The third-order valence-electron chi connectivity index (χ3n) is 6.35. The zero-order valence-electron chi connectivity index (χ0n) is 19.2. The van der Waals surface area contributed by atoms with E-state index in [1.807, 2.05) is 30.3 Å². The van der Waals surface area contributed by atoms with Crippen molar-refractivity contribution in [2.75, 3.05) is 6.61 Å². The number of hydrogen-bond donors (Lipinski definition) is 0. The largest absolute Gasteiger partial charge is 0.465 e. The summed E-state index contributed by atoms with van der Waals surface area (Å²) in [7, 11) is 0. The Morgan fingerprint density at radius 1 is 1.00 bits per heavy atom. The maximum Gasteiger partial charge on any atom is 0.314 e. The Balaban J connectivity index is 1.64. The Morgan fingerprint density at radius 2 is 1.71 bits per heavy atom. The highest BCUT2D eigenvalue weighted by Crippen LogP contribution is 2.34. The fourth-order valence-electron chi connectivity index (χ4n) is 4.59. The van der Waals surface area contributed by atoms with Crippen molar-refractivity contribution in [1.29, 1.82) is 0 Å². The van der Waals surface area contributed by atoms with E-state index in [0.29, 0.717) is 12.2 Å². The van der Waals surface area contributed by atoms with Crippen molar-refractivity contribution in [3.05, 3.63) is 58.9 Å². The second-order valence-corrected chi connectivity index (χ2v) is 8.63. The Labute approximate surface area is 187 Å². The first kappa shape index (κ1) is 23.3. The van der Waals surface area contributed by atoms with Gasteiger partial charge in [0.25, 0.3) is 0 Å². The molecule has 0 radical (unpaired) electrons.